The normalized spacial score (nSPS) is 10.7. The fourth-order valence-electron chi connectivity index (χ4n) is 0.804. The first kappa shape index (κ1) is 12.0. The van der Waals surface area contributed by atoms with Crippen molar-refractivity contribution in [1.82, 2.24) is 4.98 Å². The molecule has 1 aromatic heterocycles. The molecule has 0 unspecified atom stereocenters. The van der Waals surface area contributed by atoms with Gasteiger partial charge in [-0.2, -0.15) is 0 Å². The van der Waals surface area contributed by atoms with E-state index in [0.717, 1.165) is 0 Å². The average Bonchev–Trinajstić information content (AvgIpc) is 2.07. The molecule has 0 spiro atoms. The van der Waals surface area contributed by atoms with E-state index in [9.17, 15) is 13.6 Å². The molecule has 1 aromatic rings. The number of hydrogen-bond donors (Lipinski definition) is 0. The zero-order valence-electron chi connectivity index (χ0n) is 6.40. The molecule has 0 bridgehead atoms. The van der Waals surface area contributed by atoms with E-state index in [1.807, 2.05) is 0 Å². The molecule has 76 valence electrons. The molecule has 0 saturated carbocycles. The van der Waals surface area contributed by atoms with Gasteiger partial charge in [0.15, 0.2) is 0 Å². The minimum Gasteiger partial charge on any atom is -0.276 e. The van der Waals surface area contributed by atoms with Gasteiger partial charge in [0, 0.05) is 0 Å². The van der Waals surface area contributed by atoms with Gasteiger partial charge in [0.1, 0.15) is 10.3 Å². The third kappa shape index (κ3) is 2.49. The van der Waals surface area contributed by atoms with Gasteiger partial charge in [0.25, 0.3) is 11.7 Å². The third-order valence-corrected chi connectivity index (χ3v) is 2.81. The van der Waals surface area contributed by atoms with Crippen LogP contribution in [-0.2, 0) is 0 Å². The summed E-state index contributed by atoms with van der Waals surface area (Å²) >= 11 is 11.0. The molecule has 0 aliphatic heterocycles. The van der Waals surface area contributed by atoms with Crippen LogP contribution in [0.3, 0.4) is 0 Å². The van der Waals surface area contributed by atoms with Crippen molar-refractivity contribution in [3.05, 3.63) is 26.4 Å². The zero-order chi connectivity index (χ0) is 10.9. The molecule has 0 amide bonds. The Bertz CT molecular complexity index is 386. The van der Waals surface area contributed by atoms with E-state index >= 15 is 0 Å². The number of pyridine rings is 1. The van der Waals surface area contributed by atoms with Gasteiger partial charge in [0.2, 0.25) is 0 Å². The van der Waals surface area contributed by atoms with Crippen LogP contribution in [0.25, 0.3) is 0 Å². The summed E-state index contributed by atoms with van der Waals surface area (Å²) in [5, 5.41) is -0.818. The Balaban J connectivity index is 3.40. The van der Waals surface area contributed by atoms with Crippen LogP contribution in [0, 0.1) is 0 Å². The minimum atomic E-state index is -2.77. The summed E-state index contributed by atoms with van der Waals surface area (Å²) in [6, 6.07) is 1.27. The highest BCUT2D eigenvalue weighted by atomic mass is 79.9. The predicted molar refractivity (Wildman–Crippen MR) is 54.8 cm³/mol. The first-order valence-electron chi connectivity index (χ1n) is 3.27. The number of aromatic nitrogens is 1. The highest BCUT2D eigenvalue weighted by molar-refractivity contribution is 9.11. The second-order valence-electron chi connectivity index (χ2n) is 2.27. The average molecular weight is 349 g/mol. The number of rotatable bonds is 2. The van der Waals surface area contributed by atoms with Crippen molar-refractivity contribution in [2.45, 2.75) is 6.43 Å². The van der Waals surface area contributed by atoms with Gasteiger partial charge in [-0.05, 0) is 49.5 Å². The van der Waals surface area contributed by atoms with Crippen molar-refractivity contribution >= 4 is 48.7 Å². The quantitative estimate of drug-likeness (QED) is 0.598. The molecule has 1 heterocycles. The molecule has 14 heavy (non-hydrogen) atoms. The largest absolute Gasteiger partial charge is 0.281 e. The van der Waals surface area contributed by atoms with E-state index in [2.05, 4.69) is 36.8 Å². The van der Waals surface area contributed by atoms with E-state index in [-0.39, 0.29) is 14.6 Å². The SMILES string of the molecule is O=C(Cl)c1cc(Br)nc(C(F)F)c1Br. The van der Waals surface area contributed by atoms with Crippen LogP contribution in [-0.4, -0.2) is 10.2 Å². The van der Waals surface area contributed by atoms with Gasteiger partial charge in [-0.1, -0.05) is 0 Å². The van der Waals surface area contributed by atoms with Crippen molar-refractivity contribution in [1.29, 1.82) is 0 Å². The molecule has 0 aromatic carbocycles. The molecule has 1 rings (SSSR count). The topological polar surface area (TPSA) is 30.0 Å². The Kier molecular flexibility index (Phi) is 3.97. The number of carbonyl (C=O) groups is 1. The van der Waals surface area contributed by atoms with Gasteiger partial charge in [-0.25, -0.2) is 13.8 Å². The maximum atomic E-state index is 12.4. The van der Waals surface area contributed by atoms with Crippen LogP contribution >= 0.6 is 43.5 Å². The lowest BCUT2D eigenvalue weighted by Gasteiger charge is -2.06. The number of carbonyl (C=O) groups excluding carboxylic acids is 1. The monoisotopic (exact) mass is 347 g/mol. The highest BCUT2D eigenvalue weighted by Gasteiger charge is 2.20. The van der Waals surface area contributed by atoms with E-state index in [1.54, 1.807) is 0 Å². The maximum Gasteiger partial charge on any atom is 0.281 e. The third-order valence-electron chi connectivity index (χ3n) is 1.37. The Morgan fingerprint density at radius 3 is 2.50 bits per heavy atom. The number of alkyl halides is 2. The van der Waals surface area contributed by atoms with Crippen LogP contribution in [0.4, 0.5) is 8.78 Å². The highest BCUT2D eigenvalue weighted by Crippen LogP contribution is 2.31. The van der Waals surface area contributed by atoms with Gasteiger partial charge in [-0.15, -0.1) is 0 Å². The molecule has 7 heteroatoms. The summed E-state index contributed by atoms with van der Waals surface area (Å²) in [5.74, 6) is 0. The van der Waals surface area contributed by atoms with Crippen molar-refractivity contribution in [2.24, 2.45) is 0 Å². The number of hydrogen-bond acceptors (Lipinski definition) is 2. The summed E-state index contributed by atoms with van der Waals surface area (Å²) in [7, 11) is 0. The van der Waals surface area contributed by atoms with Gasteiger partial charge >= 0.3 is 0 Å². The maximum absolute atomic E-state index is 12.4. The number of halogens is 5. The van der Waals surface area contributed by atoms with Crippen molar-refractivity contribution in [2.75, 3.05) is 0 Å². The fraction of sp³-hybridized carbons (Fsp3) is 0.143. The summed E-state index contributed by atoms with van der Waals surface area (Å²) < 4.78 is 24.8. The first-order valence-corrected chi connectivity index (χ1v) is 5.23. The molecule has 2 nitrogen and oxygen atoms in total. The summed E-state index contributed by atoms with van der Waals surface area (Å²) in [5.41, 5.74) is -0.549. The lowest BCUT2D eigenvalue weighted by Crippen LogP contribution is -2.00. The minimum absolute atomic E-state index is 0.0381. The van der Waals surface area contributed by atoms with Gasteiger partial charge in [0.05, 0.1) is 10.0 Å². The van der Waals surface area contributed by atoms with Crippen LogP contribution < -0.4 is 0 Å². The van der Waals surface area contributed by atoms with E-state index < -0.39 is 17.4 Å². The van der Waals surface area contributed by atoms with Crippen LogP contribution in [0.15, 0.2) is 15.1 Å². The first-order chi connectivity index (χ1) is 6.43. The van der Waals surface area contributed by atoms with E-state index in [1.165, 1.54) is 6.07 Å². The molecule has 0 aliphatic carbocycles. The standard InChI is InChI=1S/C7H2Br2ClF2NO/c8-3-1-2(6(10)14)4(9)5(13-3)7(11)12/h1,7H. The zero-order valence-corrected chi connectivity index (χ0v) is 10.3. The van der Waals surface area contributed by atoms with Crippen molar-refractivity contribution < 1.29 is 13.6 Å². The Hall–Kier alpha value is -0.0700. The predicted octanol–water partition coefficient (Wildman–Crippen LogP) is 3.92. The van der Waals surface area contributed by atoms with E-state index in [4.69, 9.17) is 11.6 Å². The molecule has 0 aliphatic rings. The molecule has 0 N–H and O–H groups in total. The molecular weight excluding hydrogens is 347 g/mol. The van der Waals surface area contributed by atoms with Crippen LogP contribution in [0.5, 0.6) is 0 Å². The molecular formula is C7H2Br2ClF2NO. The van der Waals surface area contributed by atoms with Crippen LogP contribution in [0.1, 0.15) is 22.5 Å². The van der Waals surface area contributed by atoms with E-state index in [0.29, 0.717) is 0 Å². The second-order valence-corrected chi connectivity index (χ2v) is 4.21. The summed E-state index contributed by atoms with van der Waals surface area (Å²) in [4.78, 5) is 14.4. The lowest BCUT2D eigenvalue weighted by molar-refractivity contribution is 0.107. The summed E-state index contributed by atoms with van der Waals surface area (Å²) in [6.45, 7) is 0. The second kappa shape index (κ2) is 4.63. The lowest BCUT2D eigenvalue weighted by atomic mass is 10.2. The van der Waals surface area contributed by atoms with Crippen molar-refractivity contribution in [3.63, 3.8) is 0 Å². The Morgan fingerprint density at radius 2 is 2.07 bits per heavy atom. The summed E-state index contributed by atoms with van der Waals surface area (Å²) in [6.07, 6.45) is -2.77. The Morgan fingerprint density at radius 1 is 1.50 bits per heavy atom. The van der Waals surface area contributed by atoms with Crippen molar-refractivity contribution in [3.8, 4) is 0 Å². The fourth-order valence-corrected chi connectivity index (χ4v) is 2.04. The molecule has 0 atom stereocenters. The Labute approximate surface area is 99.9 Å². The van der Waals surface area contributed by atoms with Gasteiger partial charge in [-0.3, -0.25) is 4.79 Å². The smallest absolute Gasteiger partial charge is 0.276 e. The van der Waals surface area contributed by atoms with Crippen LogP contribution in [0.2, 0.25) is 0 Å². The van der Waals surface area contributed by atoms with Gasteiger partial charge < -0.3 is 0 Å². The number of nitrogens with zero attached hydrogens (tertiary/aromatic N) is 1. The molecule has 0 saturated heterocycles. The molecule has 0 radical (unpaired) electrons. The molecule has 0 fully saturated rings.